The van der Waals surface area contributed by atoms with Gasteiger partial charge in [0.15, 0.2) is 5.65 Å². The number of hydrogen-bond acceptors (Lipinski definition) is 3. The van der Waals surface area contributed by atoms with Crippen LogP contribution >= 0.6 is 11.6 Å². The molecule has 0 atom stereocenters. The average molecular weight is 212 g/mol. The minimum atomic E-state index is -0.940. The second-order valence-corrected chi connectivity index (χ2v) is 4.03. The predicted molar refractivity (Wildman–Crippen MR) is 53.2 cm³/mol. The molecule has 0 radical (unpaired) electrons. The summed E-state index contributed by atoms with van der Waals surface area (Å²) in [5.74, 6) is 0. The van der Waals surface area contributed by atoms with Crippen LogP contribution in [0.3, 0.4) is 0 Å². The van der Waals surface area contributed by atoms with Crippen LogP contribution in [0.1, 0.15) is 19.5 Å². The molecule has 0 saturated heterocycles. The Bertz CT molecular complexity index is 472. The van der Waals surface area contributed by atoms with Crippen molar-refractivity contribution in [3.05, 3.63) is 29.4 Å². The summed E-state index contributed by atoms with van der Waals surface area (Å²) in [5.41, 5.74) is 0.424. The molecule has 0 aliphatic rings. The van der Waals surface area contributed by atoms with E-state index < -0.39 is 5.60 Å². The van der Waals surface area contributed by atoms with Crippen molar-refractivity contribution >= 4 is 17.2 Å². The fourth-order valence-electron chi connectivity index (χ4n) is 1.32. The van der Waals surface area contributed by atoms with Gasteiger partial charge in [-0.25, -0.2) is 9.97 Å². The largest absolute Gasteiger partial charge is 0.384 e. The zero-order chi connectivity index (χ0) is 10.3. The molecule has 2 aromatic heterocycles. The molecule has 0 aliphatic carbocycles. The molecular weight excluding hydrogens is 202 g/mol. The lowest BCUT2D eigenvalue weighted by atomic mass is 10.1. The number of fused-ring (bicyclic) bond motifs is 1. The lowest BCUT2D eigenvalue weighted by Crippen LogP contribution is -2.18. The number of aromatic nitrogens is 3. The molecule has 2 rings (SSSR count). The van der Waals surface area contributed by atoms with Crippen LogP contribution in [0, 0.1) is 0 Å². The van der Waals surface area contributed by atoms with Gasteiger partial charge in [0.1, 0.15) is 10.8 Å². The molecule has 0 amide bonds. The van der Waals surface area contributed by atoms with Gasteiger partial charge in [0, 0.05) is 6.20 Å². The number of hydrogen-bond donors (Lipinski definition) is 1. The zero-order valence-electron chi connectivity index (χ0n) is 7.90. The molecule has 0 aliphatic heterocycles. The third-order valence-corrected chi connectivity index (χ3v) is 2.19. The molecule has 4 nitrogen and oxygen atoms in total. The lowest BCUT2D eigenvalue weighted by molar-refractivity contribution is 0.0729. The Labute approximate surface area is 86.2 Å². The number of aliphatic hydroxyl groups is 1. The van der Waals surface area contributed by atoms with Gasteiger partial charge in [0.05, 0.1) is 18.1 Å². The van der Waals surface area contributed by atoms with Crippen molar-refractivity contribution in [2.45, 2.75) is 19.4 Å². The van der Waals surface area contributed by atoms with E-state index in [-0.39, 0.29) is 0 Å². The highest BCUT2D eigenvalue weighted by Crippen LogP contribution is 2.21. The summed E-state index contributed by atoms with van der Waals surface area (Å²) >= 11 is 5.76. The van der Waals surface area contributed by atoms with Gasteiger partial charge in [0.2, 0.25) is 0 Å². The average Bonchev–Trinajstić information content (AvgIpc) is 2.45. The van der Waals surface area contributed by atoms with Crippen molar-refractivity contribution in [2.75, 3.05) is 0 Å². The van der Waals surface area contributed by atoms with Crippen LogP contribution in [0.15, 0.2) is 18.6 Å². The van der Waals surface area contributed by atoms with Gasteiger partial charge in [-0.1, -0.05) is 11.6 Å². The molecule has 5 heteroatoms. The fraction of sp³-hybridized carbons (Fsp3) is 0.333. The number of imidazole rings is 1. The number of rotatable bonds is 1. The van der Waals surface area contributed by atoms with E-state index in [1.807, 2.05) is 0 Å². The summed E-state index contributed by atoms with van der Waals surface area (Å²) in [6.07, 6.45) is 4.82. The van der Waals surface area contributed by atoms with E-state index in [0.717, 1.165) is 0 Å². The summed E-state index contributed by atoms with van der Waals surface area (Å²) in [5, 5.41) is 10.2. The third kappa shape index (κ3) is 1.47. The first-order chi connectivity index (χ1) is 6.48. The van der Waals surface area contributed by atoms with Crippen molar-refractivity contribution in [1.29, 1.82) is 0 Å². The van der Waals surface area contributed by atoms with Crippen molar-refractivity contribution in [3.63, 3.8) is 0 Å². The van der Waals surface area contributed by atoms with E-state index in [0.29, 0.717) is 16.5 Å². The van der Waals surface area contributed by atoms with Crippen molar-refractivity contribution in [3.8, 4) is 0 Å². The molecule has 0 bridgehead atoms. The summed E-state index contributed by atoms with van der Waals surface area (Å²) in [7, 11) is 0. The van der Waals surface area contributed by atoms with E-state index in [4.69, 9.17) is 11.6 Å². The van der Waals surface area contributed by atoms with Crippen LogP contribution in [0.25, 0.3) is 5.65 Å². The molecule has 2 heterocycles. The summed E-state index contributed by atoms with van der Waals surface area (Å²) < 4.78 is 1.73. The Morgan fingerprint density at radius 2 is 2.07 bits per heavy atom. The molecule has 2 aromatic rings. The fourth-order valence-corrected chi connectivity index (χ4v) is 1.46. The first-order valence-corrected chi connectivity index (χ1v) is 4.58. The van der Waals surface area contributed by atoms with Gasteiger partial charge in [-0.05, 0) is 13.8 Å². The molecule has 74 valence electrons. The Balaban J connectivity index is 2.73. The van der Waals surface area contributed by atoms with E-state index in [1.165, 1.54) is 0 Å². The highest BCUT2D eigenvalue weighted by atomic mass is 35.5. The molecule has 0 spiro atoms. The normalized spacial score (nSPS) is 12.3. The second-order valence-electron chi connectivity index (χ2n) is 3.64. The van der Waals surface area contributed by atoms with E-state index in [9.17, 15) is 5.11 Å². The van der Waals surface area contributed by atoms with Gasteiger partial charge < -0.3 is 5.11 Å². The van der Waals surface area contributed by atoms with Crippen LogP contribution in [-0.2, 0) is 5.60 Å². The maximum Gasteiger partial charge on any atom is 0.155 e. The first-order valence-electron chi connectivity index (χ1n) is 4.20. The highest BCUT2D eigenvalue weighted by molar-refractivity contribution is 6.29. The van der Waals surface area contributed by atoms with Crippen LogP contribution < -0.4 is 0 Å². The summed E-state index contributed by atoms with van der Waals surface area (Å²) in [6, 6.07) is 0. The topological polar surface area (TPSA) is 50.4 Å². The monoisotopic (exact) mass is 211 g/mol. The Morgan fingerprint density at radius 3 is 2.71 bits per heavy atom. The van der Waals surface area contributed by atoms with Crippen molar-refractivity contribution < 1.29 is 5.11 Å². The smallest absolute Gasteiger partial charge is 0.155 e. The van der Waals surface area contributed by atoms with Gasteiger partial charge in [-0.15, -0.1) is 0 Å². The Hall–Kier alpha value is -1.13. The van der Waals surface area contributed by atoms with Gasteiger partial charge >= 0.3 is 0 Å². The highest BCUT2D eigenvalue weighted by Gasteiger charge is 2.20. The van der Waals surface area contributed by atoms with Crippen LogP contribution in [0.5, 0.6) is 0 Å². The first kappa shape index (κ1) is 9.43. The molecule has 0 unspecified atom stereocenters. The third-order valence-electron chi connectivity index (χ3n) is 1.99. The number of nitrogens with zero attached hydrogens (tertiary/aromatic N) is 3. The Kier molecular flexibility index (Phi) is 1.97. The van der Waals surface area contributed by atoms with Gasteiger partial charge in [0.25, 0.3) is 0 Å². The summed E-state index contributed by atoms with van der Waals surface area (Å²) in [6.45, 7) is 3.40. The maximum atomic E-state index is 9.84. The molecule has 1 N–H and O–H groups in total. The van der Waals surface area contributed by atoms with E-state index in [1.54, 1.807) is 36.8 Å². The van der Waals surface area contributed by atoms with Crippen molar-refractivity contribution in [2.24, 2.45) is 0 Å². The molecule has 0 aromatic carbocycles. The minimum absolute atomic E-state index is 0.376. The van der Waals surface area contributed by atoms with E-state index >= 15 is 0 Å². The predicted octanol–water partition coefficient (Wildman–Crippen LogP) is 1.61. The minimum Gasteiger partial charge on any atom is -0.384 e. The molecule has 0 fully saturated rings. The van der Waals surface area contributed by atoms with Crippen LogP contribution in [-0.4, -0.2) is 19.5 Å². The molecule has 0 saturated carbocycles. The lowest BCUT2D eigenvalue weighted by Gasteiger charge is -2.16. The molecule has 14 heavy (non-hydrogen) atoms. The van der Waals surface area contributed by atoms with Crippen LogP contribution in [0.4, 0.5) is 0 Å². The standard InChI is InChI=1S/C9H10ClN3O/c1-9(2,14)6-3-12-8-4-11-7(10)5-13(6)8/h3-5,14H,1-2H3. The summed E-state index contributed by atoms with van der Waals surface area (Å²) in [4.78, 5) is 8.01. The van der Waals surface area contributed by atoms with Crippen molar-refractivity contribution in [1.82, 2.24) is 14.4 Å². The number of halogens is 1. The van der Waals surface area contributed by atoms with Crippen LogP contribution in [0.2, 0.25) is 5.15 Å². The second kappa shape index (κ2) is 2.93. The van der Waals surface area contributed by atoms with Gasteiger partial charge in [-0.2, -0.15) is 0 Å². The van der Waals surface area contributed by atoms with Gasteiger partial charge in [-0.3, -0.25) is 4.40 Å². The SMILES string of the molecule is CC(C)(O)c1cnc2cnc(Cl)cn12. The van der Waals surface area contributed by atoms with E-state index in [2.05, 4.69) is 9.97 Å². The Morgan fingerprint density at radius 1 is 1.36 bits per heavy atom. The maximum absolute atomic E-state index is 9.84. The zero-order valence-corrected chi connectivity index (χ0v) is 8.65. The molecular formula is C9H10ClN3O. The quantitative estimate of drug-likeness (QED) is 0.780.